The number of hydrogen-bond acceptors (Lipinski definition) is 2. The van der Waals surface area contributed by atoms with Crippen LogP contribution in [0.15, 0.2) is 42.6 Å². The van der Waals surface area contributed by atoms with E-state index in [2.05, 4.69) is 33.9 Å². The molecule has 0 bridgehead atoms. The van der Waals surface area contributed by atoms with Gasteiger partial charge in [0, 0.05) is 24.4 Å². The lowest BCUT2D eigenvalue weighted by Crippen LogP contribution is -2.44. The van der Waals surface area contributed by atoms with Gasteiger partial charge in [0.25, 0.3) is 8.32 Å². The van der Waals surface area contributed by atoms with Crippen molar-refractivity contribution in [2.75, 3.05) is 5.73 Å². The number of aromatic nitrogens is 1. The van der Waals surface area contributed by atoms with Crippen LogP contribution in [0.2, 0.25) is 18.1 Å². The lowest BCUT2D eigenvalue weighted by Gasteiger charge is -2.37. The van der Waals surface area contributed by atoms with Gasteiger partial charge in [0.2, 0.25) is 0 Å². The number of fused-ring (bicyclic) bond motifs is 1. The average Bonchev–Trinajstić information content (AvgIpc) is 2.86. The van der Waals surface area contributed by atoms with Crippen LogP contribution in [0.5, 0.6) is 5.75 Å². The second-order valence-electron chi connectivity index (χ2n) is 8.37. The van der Waals surface area contributed by atoms with Crippen LogP contribution in [0.3, 0.4) is 0 Å². The zero-order valence-electron chi connectivity index (χ0n) is 16.4. The summed E-state index contributed by atoms with van der Waals surface area (Å²) in [4.78, 5) is 0. The molecule has 26 heavy (non-hydrogen) atoms. The van der Waals surface area contributed by atoms with E-state index in [0.29, 0.717) is 17.0 Å². The number of nitrogens with zero attached hydrogens (tertiary/aromatic N) is 1. The normalized spacial score (nSPS) is 12.6. The standard InChI is InChI=1S/C21H27FN2OSi/c1-21(2,3)26(5,6)25-20-17(23)11-12-18-19(20)15(13-24(18)4)14-9-7-8-10-16(14)22/h7-13H,23H2,1-6H3. The second-order valence-corrected chi connectivity index (χ2v) is 13.1. The molecule has 0 aliphatic heterocycles. The minimum atomic E-state index is -2.11. The largest absolute Gasteiger partial charge is 0.542 e. The molecule has 3 nitrogen and oxygen atoms in total. The molecule has 0 saturated heterocycles. The van der Waals surface area contributed by atoms with Crippen molar-refractivity contribution in [1.82, 2.24) is 4.57 Å². The Morgan fingerprint density at radius 2 is 1.69 bits per heavy atom. The van der Waals surface area contributed by atoms with E-state index < -0.39 is 8.32 Å². The summed E-state index contributed by atoms with van der Waals surface area (Å²) >= 11 is 0. The van der Waals surface area contributed by atoms with E-state index in [-0.39, 0.29) is 10.9 Å². The maximum Gasteiger partial charge on any atom is 0.250 e. The van der Waals surface area contributed by atoms with Crippen LogP contribution in [0.1, 0.15) is 20.8 Å². The predicted octanol–water partition coefficient (Wildman–Crippen LogP) is 5.95. The fraction of sp³-hybridized carbons (Fsp3) is 0.333. The van der Waals surface area contributed by atoms with E-state index in [0.717, 1.165) is 16.5 Å². The Labute approximate surface area is 155 Å². The fourth-order valence-corrected chi connectivity index (χ4v) is 3.91. The van der Waals surface area contributed by atoms with Crippen molar-refractivity contribution in [1.29, 1.82) is 0 Å². The minimum absolute atomic E-state index is 0.0363. The maximum atomic E-state index is 14.5. The molecule has 3 aromatic rings. The highest BCUT2D eigenvalue weighted by Crippen LogP contribution is 2.45. The van der Waals surface area contributed by atoms with Gasteiger partial charge in [-0.25, -0.2) is 4.39 Å². The molecule has 0 aliphatic rings. The molecule has 0 fully saturated rings. The molecular weight excluding hydrogens is 343 g/mol. The Bertz CT molecular complexity index is 970. The first-order chi connectivity index (χ1) is 12.0. The summed E-state index contributed by atoms with van der Waals surface area (Å²) in [6.07, 6.45) is 1.95. The van der Waals surface area contributed by atoms with Crippen LogP contribution in [0.25, 0.3) is 22.0 Å². The molecule has 0 atom stereocenters. The smallest absolute Gasteiger partial charge is 0.250 e. The fourth-order valence-electron chi connectivity index (χ4n) is 2.87. The third-order valence-corrected chi connectivity index (χ3v) is 9.79. The molecule has 3 rings (SSSR count). The summed E-state index contributed by atoms with van der Waals surface area (Å²) in [6.45, 7) is 11.0. The van der Waals surface area contributed by atoms with Crippen molar-refractivity contribution in [3.63, 3.8) is 0 Å². The van der Waals surface area contributed by atoms with Crippen molar-refractivity contribution in [3.05, 3.63) is 48.4 Å². The summed E-state index contributed by atoms with van der Waals surface area (Å²) in [7, 11) is -0.148. The number of benzene rings is 2. The summed E-state index contributed by atoms with van der Waals surface area (Å²) in [5.41, 5.74) is 9.26. The topological polar surface area (TPSA) is 40.2 Å². The van der Waals surface area contributed by atoms with Gasteiger partial charge in [-0.1, -0.05) is 39.0 Å². The molecule has 1 aromatic heterocycles. The summed E-state index contributed by atoms with van der Waals surface area (Å²) in [6, 6.07) is 10.7. The van der Waals surface area contributed by atoms with Gasteiger partial charge in [0.15, 0.2) is 0 Å². The molecular formula is C21H27FN2OSi. The van der Waals surface area contributed by atoms with Gasteiger partial charge in [-0.15, -0.1) is 0 Å². The van der Waals surface area contributed by atoms with Crippen molar-refractivity contribution in [2.45, 2.75) is 38.9 Å². The van der Waals surface area contributed by atoms with Crippen molar-refractivity contribution in [2.24, 2.45) is 7.05 Å². The first kappa shape index (κ1) is 18.5. The van der Waals surface area contributed by atoms with Crippen LogP contribution in [0, 0.1) is 5.82 Å². The number of halogens is 1. The van der Waals surface area contributed by atoms with Gasteiger partial charge in [0.05, 0.1) is 16.6 Å². The van der Waals surface area contributed by atoms with E-state index in [1.807, 2.05) is 36.0 Å². The van der Waals surface area contributed by atoms with Crippen LogP contribution in [-0.2, 0) is 7.05 Å². The van der Waals surface area contributed by atoms with Crippen molar-refractivity contribution >= 4 is 24.9 Å². The number of nitrogens with two attached hydrogens (primary N) is 1. The number of anilines is 1. The molecule has 0 amide bonds. The van der Waals surface area contributed by atoms with E-state index in [9.17, 15) is 4.39 Å². The number of nitrogen functional groups attached to an aromatic ring is 1. The minimum Gasteiger partial charge on any atom is -0.542 e. The van der Waals surface area contributed by atoms with E-state index >= 15 is 0 Å². The molecule has 138 valence electrons. The van der Waals surface area contributed by atoms with E-state index in [1.54, 1.807) is 12.1 Å². The Morgan fingerprint density at radius 3 is 2.31 bits per heavy atom. The summed E-state index contributed by atoms with van der Waals surface area (Å²) in [5, 5.41) is 0.914. The molecule has 1 heterocycles. The van der Waals surface area contributed by atoms with Gasteiger partial charge in [-0.2, -0.15) is 0 Å². The van der Waals surface area contributed by atoms with E-state index in [4.69, 9.17) is 10.2 Å². The molecule has 5 heteroatoms. The van der Waals surface area contributed by atoms with Crippen LogP contribution in [0.4, 0.5) is 10.1 Å². The predicted molar refractivity (Wildman–Crippen MR) is 111 cm³/mol. The van der Waals surface area contributed by atoms with Gasteiger partial charge >= 0.3 is 0 Å². The molecule has 2 aromatic carbocycles. The third-order valence-electron chi connectivity index (χ3n) is 5.47. The molecule has 0 unspecified atom stereocenters. The number of hydrogen-bond donors (Lipinski definition) is 1. The number of rotatable bonds is 3. The first-order valence-electron chi connectivity index (χ1n) is 8.84. The lowest BCUT2D eigenvalue weighted by atomic mass is 10.0. The quantitative estimate of drug-likeness (QED) is 0.457. The van der Waals surface area contributed by atoms with Crippen molar-refractivity contribution < 1.29 is 8.82 Å². The van der Waals surface area contributed by atoms with Crippen molar-refractivity contribution in [3.8, 4) is 16.9 Å². The molecule has 0 spiro atoms. The SMILES string of the molecule is Cn1cc(-c2ccccc2F)c2c(O[Si](C)(C)C(C)(C)C)c(N)ccc21. The van der Waals surface area contributed by atoms with Crippen LogP contribution in [-0.4, -0.2) is 12.9 Å². The third kappa shape index (κ3) is 3.01. The molecule has 0 radical (unpaired) electrons. The number of aryl methyl sites for hydroxylation is 1. The molecule has 0 aliphatic carbocycles. The Hall–Kier alpha value is -2.27. The second kappa shape index (κ2) is 6.16. The van der Waals surface area contributed by atoms with Crippen LogP contribution >= 0.6 is 0 Å². The lowest BCUT2D eigenvalue weighted by molar-refractivity contribution is 0.498. The monoisotopic (exact) mass is 370 g/mol. The first-order valence-corrected chi connectivity index (χ1v) is 11.7. The maximum absolute atomic E-state index is 14.5. The van der Waals surface area contributed by atoms with Gasteiger partial charge < -0.3 is 14.7 Å². The molecule has 0 saturated carbocycles. The Morgan fingerprint density at radius 1 is 1.04 bits per heavy atom. The summed E-state index contributed by atoms with van der Waals surface area (Å²) < 4.78 is 23.1. The highest BCUT2D eigenvalue weighted by molar-refractivity contribution is 6.74. The van der Waals surface area contributed by atoms with Gasteiger partial charge in [0.1, 0.15) is 11.6 Å². The zero-order chi connectivity index (χ0) is 19.3. The van der Waals surface area contributed by atoms with E-state index in [1.165, 1.54) is 6.07 Å². The highest BCUT2D eigenvalue weighted by atomic mass is 28.4. The zero-order valence-corrected chi connectivity index (χ0v) is 17.4. The molecule has 2 N–H and O–H groups in total. The van der Waals surface area contributed by atoms with Gasteiger partial charge in [-0.05, 0) is 36.3 Å². The highest BCUT2D eigenvalue weighted by Gasteiger charge is 2.40. The summed E-state index contributed by atoms with van der Waals surface area (Å²) in [5.74, 6) is 0.425. The van der Waals surface area contributed by atoms with Crippen LogP contribution < -0.4 is 10.2 Å². The average molecular weight is 371 g/mol. The Balaban J connectivity index is 2.30. The van der Waals surface area contributed by atoms with Gasteiger partial charge in [-0.3, -0.25) is 0 Å². The Kier molecular flexibility index (Phi) is 4.39.